The molecule has 1 heterocycles. The van der Waals surface area contributed by atoms with E-state index in [0.717, 1.165) is 11.1 Å². The van der Waals surface area contributed by atoms with Crippen molar-refractivity contribution in [2.24, 2.45) is 4.99 Å². The van der Waals surface area contributed by atoms with Gasteiger partial charge in [-0.2, -0.15) is 0 Å². The zero-order chi connectivity index (χ0) is 21.3. The number of carbonyl (C=O) groups is 2. The van der Waals surface area contributed by atoms with E-state index >= 15 is 0 Å². The first-order valence-corrected chi connectivity index (χ1v) is 10.6. The van der Waals surface area contributed by atoms with Crippen molar-refractivity contribution in [3.05, 3.63) is 64.7 Å². The SMILES string of the molecule is Cc1ccc(C(=O)[C@@H](C)OC(=O)[C@H](C)N=C2NS(=O)(=O)c3ccccc32)cc1C. The number of carbonyl (C=O) groups excluding carboxylic acids is 2. The molecule has 2 aromatic carbocycles. The zero-order valence-electron chi connectivity index (χ0n) is 16.6. The van der Waals surface area contributed by atoms with E-state index in [1.165, 1.54) is 19.9 Å². The molecule has 0 aromatic heterocycles. The smallest absolute Gasteiger partial charge is 0.331 e. The lowest BCUT2D eigenvalue weighted by Crippen LogP contribution is -2.31. The maximum atomic E-state index is 12.6. The molecule has 0 unspecified atom stereocenters. The Labute approximate surface area is 169 Å². The van der Waals surface area contributed by atoms with E-state index in [1.54, 1.807) is 30.3 Å². The number of fused-ring (bicyclic) bond motifs is 1. The summed E-state index contributed by atoms with van der Waals surface area (Å²) >= 11 is 0. The van der Waals surface area contributed by atoms with Crippen LogP contribution in [0.1, 0.15) is 40.9 Å². The van der Waals surface area contributed by atoms with Crippen molar-refractivity contribution in [2.45, 2.75) is 44.7 Å². The number of benzene rings is 2. The van der Waals surface area contributed by atoms with E-state index in [0.29, 0.717) is 11.1 Å². The summed E-state index contributed by atoms with van der Waals surface area (Å²) in [5.41, 5.74) is 2.90. The van der Waals surface area contributed by atoms with Crippen LogP contribution in [0.3, 0.4) is 0 Å². The fourth-order valence-corrected chi connectivity index (χ4v) is 4.17. The Hall–Kier alpha value is -3.00. The van der Waals surface area contributed by atoms with Gasteiger partial charge in [-0.1, -0.05) is 24.3 Å². The van der Waals surface area contributed by atoms with Crippen LogP contribution >= 0.6 is 0 Å². The Morgan fingerprint density at radius 3 is 2.41 bits per heavy atom. The van der Waals surface area contributed by atoms with Crippen molar-refractivity contribution in [1.82, 2.24) is 4.72 Å². The van der Waals surface area contributed by atoms with Gasteiger partial charge in [0.25, 0.3) is 10.0 Å². The van der Waals surface area contributed by atoms with Crippen molar-refractivity contribution < 1.29 is 22.7 Å². The number of nitrogens with zero attached hydrogens (tertiary/aromatic N) is 1. The first kappa shape index (κ1) is 20.7. The van der Waals surface area contributed by atoms with Crippen LogP contribution < -0.4 is 4.72 Å². The number of rotatable bonds is 5. The van der Waals surface area contributed by atoms with E-state index in [-0.39, 0.29) is 16.5 Å². The van der Waals surface area contributed by atoms with Crippen molar-refractivity contribution >= 4 is 27.6 Å². The molecule has 0 fully saturated rings. The Balaban J connectivity index is 1.73. The third-order valence-corrected chi connectivity index (χ3v) is 6.18. The van der Waals surface area contributed by atoms with Crippen LogP contribution in [-0.4, -0.2) is 38.2 Å². The summed E-state index contributed by atoms with van der Waals surface area (Å²) in [4.78, 5) is 29.2. The van der Waals surface area contributed by atoms with Crippen molar-refractivity contribution in [1.29, 1.82) is 0 Å². The average Bonchev–Trinajstić information content (AvgIpc) is 2.93. The molecule has 2 atom stereocenters. The highest BCUT2D eigenvalue weighted by Gasteiger charge is 2.31. The molecule has 1 N–H and O–H groups in total. The van der Waals surface area contributed by atoms with Crippen molar-refractivity contribution in [2.75, 3.05) is 0 Å². The molecular formula is C21H22N2O5S. The second kappa shape index (κ2) is 7.79. The van der Waals surface area contributed by atoms with Crippen LogP contribution in [-0.2, 0) is 19.6 Å². The number of Topliss-reactive ketones (excluding diaryl/α,β-unsaturated/α-hetero) is 1. The maximum absolute atomic E-state index is 12.6. The number of esters is 1. The fraction of sp³-hybridized carbons (Fsp3) is 0.286. The molecule has 1 aliphatic rings. The van der Waals surface area contributed by atoms with Gasteiger partial charge in [0.15, 0.2) is 6.10 Å². The van der Waals surface area contributed by atoms with Crippen molar-refractivity contribution in [3.63, 3.8) is 0 Å². The molecule has 8 heteroatoms. The number of hydrogen-bond donors (Lipinski definition) is 1. The Bertz CT molecular complexity index is 1120. The molecule has 0 spiro atoms. The Kier molecular flexibility index (Phi) is 5.57. The van der Waals surface area contributed by atoms with Crippen LogP contribution in [0.2, 0.25) is 0 Å². The number of hydrogen-bond acceptors (Lipinski definition) is 6. The molecule has 7 nitrogen and oxygen atoms in total. The van der Waals surface area contributed by atoms with Gasteiger partial charge in [0.05, 0.1) is 4.90 Å². The molecule has 0 saturated heterocycles. The molecule has 0 aliphatic carbocycles. The lowest BCUT2D eigenvalue weighted by Gasteiger charge is -2.15. The number of amidine groups is 1. The molecule has 0 radical (unpaired) electrons. The van der Waals surface area contributed by atoms with Gasteiger partial charge in [0.2, 0.25) is 5.78 Å². The van der Waals surface area contributed by atoms with Gasteiger partial charge in [0, 0.05) is 11.1 Å². The highest BCUT2D eigenvalue weighted by atomic mass is 32.2. The minimum Gasteiger partial charge on any atom is -0.453 e. The first-order valence-electron chi connectivity index (χ1n) is 9.12. The number of sulfonamides is 1. The van der Waals surface area contributed by atoms with Gasteiger partial charge >= 0.3 is 5.97 Å². The van der Waals surface area contributed by atoms with Crippen molar-refractivity contribution in [3.8, 4) is 0 Å². The summed E-state index contributed by atoms with van der Waals surface area (Å²) < 4.78 is 31.9. The largest absolute Gasteiger partial charge is 0.453 e. The molecule has 0 saturated carbocycles. The predicted octanol–water partition coefficient (Wildman–Crippen LogP) is 2.55. The van der Waals surface area contributed by atoms with Crippen LogP contribution in [0.15, 0.2) is 52.4 Å². The number of ketones is 1. The topological polar surface area (TPSA) is 102 Å². The van der Waals surface area contributed by atoms with E-state index < -0.39 is 28.1 Å². The lowest BCUT2D eigenvalue weighted by molar-refractivity contribution is -0.147. The minimum atomic E-state index is -3.69. The highest BCUT2D eigenvalue weighted by Crippen LogP contribution is 2.22. The zero-order valence-corrected chi connectivity index (χ0v) is 17.4. The minimum absolute atomic E-state index is 0.0817. The Morgan fingerprint density at radius 2 is 1.72 bits per heavy atom. The lowest BCUT2D eigenvalue weighted by atomic mass is 10.0. The third-order valence-electron chi connectivity index (χ3n) is 4.78. The third kappa shape index (κ3) is 4.22. The second-order valence-corrected chi connectivity index (χ2v) is 8.65. The standard InChI is InChI=1S/C21H22N2O5S/c1-12-9-10-16(11-13(12)2)19(24)15(4)28-21(25)14(3)22-20-17-7-5-6-8-18(17)29(26,27)23-20/h5-11,14-15H,1-4H3,(H,22,23)/t14-,15+/m0/s1. The van der Waals surface area contributed by atoms with E-state index in [2.05, 4.69) is 9.71 Å². The van der Waals surface area contributed by atoms with Gasteiger partial charge in [-0.3, -0.25) is 14.5 Å². The molecule has 0 amide bonds. The second-order valence-electron chi connectivity index (χ2n) is 7.00. The first-order chi connectivity index (χ1) is 13.6. The van der Waals surface area contributed by atoms with Crippen LogP contribution in [0.4, 0.5) is 0 Å². The molecule has 29 heavy (non-hydrogen) atoms. The van der Waals surface area contributed by atoms with Crippen LogP contribution in [0.25, 0.3) is 0 Å². The molecule has 2 aromatic rings. The molecule has 0 bridgehead atoms. The van der Waals surface area contributed by atoms with E-state index in [9.17, 15) is 18.0 Å². The van der Waals surface area contributed by atoms with Gasteiger partial charge < -0.3 is 4.74 Å². The average molecular weight is 414 g/mol. The van der Waals surface area contributed by atoms with Crippen LogP contribution in [0, 0.1) is 13.8 Å². The molecular weight excluding hydrogens is 392 g/mol. The van der Waals surface area contributed by atoms with E-state index in [1.807, 2.05) is 19.9 Å². The summed E-state index contributed by atoms with van der Waals surface area (Å²) in [7, 11) is -3.69. The molecule has 3 rings (SSSR count). The molecule has 152 valence electrons. The van der Waals surface area contributed by atoms with Crippen LogP contribution in [0.5, 0.6) is 0 Å². The normalized spacial score (nSPS) is 17.9. The summed E-state index contributed by atoms with van der Waals surface area (Å²) in [5.74, 6) is -0.947. The summed E-state index contributed by atoms with van der Waals surface area (Å²) in [6.45, 7) is 6.84. The number of nitrogens with one attached hydrogen (secondary N) is 1. The molecule has 1 aliphatic heterocycles. The monoisotopic (exact) mass is 414 g/mol. The van der Waals surface area contributed by atoms with Gasteiger partial charge in [-0.25, -0.2) is 13.2 Å². The summed E-state index contributed by atoms with van der Waals surface area (Å²) in [6, 6.07) is 10.7. The Morgan fingerprint density at radius 1 is 1.03 bits per heavy atom. The van der Waals surface area contributed by atoms with Gasteiger partial charge in [-0.05, 0) is 57.0 Å². The summed E-state index contributed by atoms with van der Waals surface area (Å²) in [5, 5.41) is 0. The quantitative estimate of drug-likeness (QED) is 0.598. The van der Waals surface area contributed by atoms with E-state index in [4.69, 9.17) is 4.74 Å². The fourth-order valence-electron chi connectivity index (χ4n) is 2.93. The number of aryl methyl sites for hydroxylation is 2. The number of aliphatic imine (C=N–C) groups is 1. The predicted molar refractivity (Wildman–Crippen MR) is 109 cm³/mol. The summed E-state index contributed by atoms with van der Waals surface area (Å²) in [6.07, 6.45) is -0.986. The van der Waals surface area contributed by atoms with Gasteiger partial charge in [-0.15, -0.1) is 0 Å². The number of ether oxygens (including phenoxy) is 1. The van der Waals surface area contributed by atoms with Gasteiger partial charge in [0.1, 0.15) is 11.9 Å². The maximum Gasteiger partial charge on any atom is 0.331 e. The highest BCUT2D eigenvalue weighted by molar-refractivity contribution is 7.90.